The maximum atomic E-state index is 6.33. The average molecular weight is 899 g/mol. The Morgan fingerprint density at radius 2 is 0.725 bits per heavy atom. The SMILES string of the molecule is c1ccc([Si](c2ccccc2)(c2ccccc2)c2cccc(-c3nc(-c4cccc(-c5ccc6c(c5)oc5ccccc56)c4)nc(-c4cccc(-n5c6ccccc6c6ccccc65)c4)n3)c2)cc1. The standard InChI is InChI=1S/C63H42N4OSi/c1-4-24-49(25-5-1)69(50-26-6-2-7-27-50,51-28-8-3-9-29-51)52-30-18-22-47(41-52)63-65-61(45-20-16-19-43(39-45)44-37-38-56-55-33-12-15-36-59(55)68-60(56)42-44)64-62(66-63)46-21-17-23-48(40-46)67-57-34-13-10-31-53(57)54-32-11-14-35-58(54)67/h1-42H. The molecule has 3 heterocycles. The number of aromatic nitrogens is 4. The van der Waals surface area contributed by atoms with Crippen molar-refractivity contribution in [2.45, 2.75) is 0 Å². The first-order valence-electron chi connectivity index (χ1n) is 23.3. The number of hydrogen-bond donors (Lipinski definition) is 0. The van der Waals surface area contributed by atoms with Crippen LogP contribution in [0.2, 0.25) is 0 Å². The van der Waals surface area contributed by atoms with E-state index in [1.54, 1.807) is 0 Å². The van der Waals surface area contributed by atoms with Crippen LogP contribution in [0.4, 0.5) is 0 Å². The lowest BCUT2D eigenvalue weighted by atomic mass is 10.0. The van der Waals surface area contributed by atoms with Crippen LogP contribution in [-0.4, -0.2) is 27.6 Å². The maximum Gasteiger partial charge on any atom is 0.179 e. The van der Waals surface area contributed by atoms with Crippen LogP contribution in [0.25, 0.3) is 94.7 Å². The Morgan fingerprint density at radius 1 is 0.290 bits per heavy atom. The van der Waals surface area contributed by atoms with Crippen molar-refractivity contribution in [1.82, 2.24) is 19.5 Å². The molecule has 5 nitrogen and oxygen atoms in total. The summed E-state index contributed by atoms with van der Waals surface area (Å²) >= 11 is 0. The Morgan fingerprint density at radius 3 is 1.33 bits per heavy atom. The molecule has 0 unspecified atom stereocenters. The number of para-hydroxylation sites is 3. The molecule has 0 bridgehead atoms. The van der Waals surface area contributed by atoms with E-state index in [4.69, 9.17) is 19.4 Å². The van der Waals surface area contributed by atoms with Crippen LogP contribution >= 0.6 is 0 Å². The number of nitrogens with zero attached hydrogens (tertiary/aromatic N) is 4. The fourth-order valence-corrected chi connectivity index (χ4v) is 15.2. The van der Waals surface area contributed by atoms with Gasteiger partial charge in [0.25, 0.3) is 0 Å². The largest absolute Gasteiger partial charge is 0.456 e. The number of rotatable bonds is 9. The Balaban J connectivity index is 1.01. The normalized spacial score (nSPS) is 11.8. The lowest BCUT2D eigenvalue weighted by Gasteiger charge is -2.34. The second-order valence-electron chi connectivity index (χ2n) is 17.5. The van der Waals surface area contributed by atoms with Gasteiger partial charge < -0.3 is 8.98 Å². The number of hydrogen-bond acceptors (Lipinski definition) is 4. The Kier molecular flexibility index (Phi) is 9.77. The highest BCUT2D eigenvalue weighted by Crippen LogP contribution is 2.36. The second kappa shape index (κ2) is 16.7. The molecule has 0 fully saturated rings. The number of fused-ring (bicyclic) bond motifs is 6. The fraction of sp³-hybridized carbons (Fsp3) is 0. The molecule has 0 atom stereocenters. The highest BCUT2D eigenvalue weighted by atomic mass is 28.3. The average Bonchev–Trinajstić information content (AvgIpc) is 3.98. The molecule has 0 radical (unpaired) electrons. The van der Waals surface area contributed by atoms with Gasteiger partial charge in [0, 0.05) is 43.9 Å². The predicted octanol–water partition coefficient (Wildman–Crippen LogP) is 12.9. The second-order valence-corrected chi connectivity index (χ2v) is 21.4. The molecule has 0 aliphatic rings. The molecule has 0 saturated heterocycles. The molecule has 0 spiro atoms. The summed E-state index contributed by atoms with van der Waals surface area (Å²) in [5.74, 6) is 1.78. The van der Waals surface area contributed by atoms with Crippen molar-refractivity contribution in [1.29, 1.82) is 0 Å². The van der Waals surface area contributed by atoms with Gasteiger partial charge in [-0.15, -0.1) is 0 Å². The molecule has 13 rings (SSSR count). The third kappa shape index (κ3) is 6.88. The lowest BCUT2D eigenvalue weighted by molar-refractivity contribution is 0.669. The van der Waals surface area contributed by atoms with E-state index >= 15 is 0 Å². The summed E-state index contributed by atoms with van der Waals surface area (Å²) in [5.41, 5.74) is 9.84. The van der Waals surface area contributed by atoms with Crippen molar-refractivity contribution >= 4 is 72.6 Å². The first kappa shape index (κ1) is 40.3. The van der Waals surface area contributed by atoms with Crippen LogP contribution in [0, 0.1) is 0 Å². The minimum absolute atomic E-state index is 0.590. The van der Waals surface area contributed by atoms with Gasteiger partial charge in [-0.2, -0.15) is 0 Å². The van der Waals surface area contributed by atoms with Gasteiger partial charge in [-0.3, -0.25) is 0 Å². The first-order valence-corrected chi connectivity index (χ1v) is 25.3. The molecule has 13 aromatic rings. The minimum atomic E-state index is -2.86. The van der Waals surface area contributed by atoms with E-state index in [0.717, 1.165) is 66.5 Å². The van der Waals surface area contributed by atoms with Crippen LogP contribution in [0.1, 0.15) is 0 Å². The van der Waals surface area contributed by atoms with Crippen molar-refractivity contribution in [2.75, 3.05) is 0 Å². The van der Waals surface area contributed by atoms with Crippen molar-refractivity contribution in [2.24, 2.45) is 0 Å². The summed E-state index contributed by atoms with van der Waals surface area (Å²) in [6.07, 6.45) is 0. The fourth-order valence-electron chi connectivity index (χ4n) is 10.4. The highest BCUT2D eigenvalue weighted by Gasteiger charge is 2.41. The summed E-state index contributed by atoms with van der Waals surface area (Å²) in [6, 6.07) is 90.9. The highest BCUT2D eigenvalue weighted by molar-refractivity contribution is 7.19. The smallest absolute Gasteiger partial charge is 0.179 e. The Bertz CT molecular complexity index is 3880. The van der Waals surface area contributed by atoms with Gasteiger partial charge in [0.1, 0.15) is 11.2 Å². The summed E-state index contributed by atoms with van der Waals surface area (Å²) < 4.78 is 8.67. The molecule has 0 amide bonds. The van der Waals surface area contributed by atoms with Crippen molar-refractivity contribution in [3.05, 3.63) is 255 Å². The van der Waals surface area contributed by atoms with Crippen molar-refractivity contribution in [3.63, 3.8) is 0 Å². The van der Waals surface area contributed by atoms with Gasteiger partial charge >= 0.3 is 0 Å². The molecular weight excluding hydrogens is 857 g/mol. The Hall–Kier alpha value is -8.97. The molecule has 0 aliphatic carbocycles. The molecule has 324 valence electrons. The Labute approximate surface area is 400 Å². The molecular formula is C63H42N4OSi. The summed E-state index contributed by atoms with van der Waals surface area (Å²) in [5, 5.41) is 9.78. The van der Waals surface area contributed by atoms with Crippen molar-refractivity contribution in [3.8, 4) is 51.0 Å². The van der Waals surface area contributed by atoms with Crippen LogP contribution in [0.15, 0.2) is 259 Å². The zero-order valence-electron chi connectivity index (χ0n) is 37.4. The van der Waals surface area contributed by atoms with Gasteiger partial charge in [0.05, 0.1) is 11.0 Å². The molecule has 69 heavy (non-hydrogen) atoms. The third-order valence-electron chi connectivity index (χ3n) is 13.6. The molecule has 0 N–H and O–H groups in total. The van der Waals surface area contributed by atoms with E-state index in [1.807, 2.05) is 12.1 Å². The first-order chi connectivity index (χ1) is 34.2. The molecule has 6 heteroatoms. The van der Waals surface area contributed by atoms with Crippen LogP contribution in [-0.2, 0) is 0 Å². The number of benzene rings is 10. The summed E-state index contributed by atoms with van der Waals surface area (Å²) in [6.45, 7) is 0. The van der Waals surface area contributed by atoms with Gasteiger partial charge in [-0.25, -0.2) is 15.0 Å². The molecule has 10 aromatic carbocycles. The van der Waals surface area contributed by atoms with E-state index in [1.165, 1.54) is 31.5 Å². The topological polar surface area (TPSA) is 56.7 Å². The third-order valence-corrected chi connectivity index (χ3v) is 18.4. The van der Waals surface area contributed by atoms with E-state index in [0.29, 0.717) is 17.5 Å². The zero-order chi connectivity index (χ0) is 45.7. The number of furan rings is 1. The van der Waals surface area contributed by atoms with E-state index in [9.17, 15) is 0 Å². The van der Waals surface area contributed by atoms with Gasteiger partial charge in [-0.05, 0) is 80.4 Å². The van der Waals surface area contributed by atoms with Gasteiger partial charge in [0.15, 0.2) is 25.5 Å². The maximum absolute atomic E-state index is 6.33. The minimum Gasteiger partial charge on any atom is -0.456 e. The summed E-state index contributed by atoms with van der Waals surface area (Å²) in [4.78, 5) is 16.1. The zero-order valence-corrected chi connectivity index (χ0v) is 38.4. The van der Waals surface area contributed by atoms with E-state index < -0.39 is 8.07 Å². The van der Waals surface area contributed by atoms with Crippen LogP contribution in [0.5, 0.6) is 0 Å². The predicted molar refractivity (Wildman–Crippen MR) is 287 cm³/mol. The van der Waals surface area contributed by atoms with Crippen LogP contribution in [0.3, 0.4) is 0 Å². The molecule has 0 saturated carbocycles. The monoisotopic (exact) mass is 898 g/mol. The van der Waals surface area contributed by atoms with Gasteiger partial charge in [0.2, 0.25) is 0 Å². The summed E-state index contributed by atoms with van der Waals surface area (Å²) in [7, 11) is -2.86. The lowest BCUT2D eigenvalue weighted by Crippen LogP contribution is -2.74. The van der Waals surface area contributed by atoms with Crippen LogP contribution < -0.4 is 20.7 Å². The van der Waals surface area contributed by atoms with Crippen molar-refractivity contribution < 1.29 is 4.42 Å². The van der Waals surface area contributed by atoms with E-state index in [2.05, 4.69) is 247 Å². The molecule has 0 aliphatic heterocycles. The molecule has 3 aromatic heterocycles. The van der Waals surface area contributed by atoms with Gasteiger partial charge in [-0.1, -0.05) is 206 Å². The van der Waals surface area contributed by atoms with E-state index in [-0.39, 0.29) is 0 Å². The quantitative estimate of drug-likeness (QED) is 0.107.